The van der Waals surface area contributed by atoms with Gasteiger partial charge < -0.3 is 10.2 Å². The molecule has 0 saturated heterocycles. The van der Waals surface area contributed by atoms with Crippen molar-refractivity contribution < 1.29 is 15.0 Å². The molecule has 0 aliphatic carbocycles. The monoisotopic (exact) mass is 170 g/mol. The number of carboxylic acids is 1. The van der Waals surface area contributed by atoms with Gasteiger partial charge in [-0.3, -0.25) is 4.79 Å². The molecule has 0 aromatic heterocycles. The van der Waals surface area contributed by atoms with Crippen molar-refractivity contribution in [2.24, 2.45) is 0 Å². The van der Waals surface area contributed by atoms with E-state index in [4.69, 9.17) is 16.6 Å². The van der Waals surface area contributed by atoms with Crippen LogP contribution in [0.5, 0.6) is 0 Å². The molecule has 3 nitrogen and oxygen atoms in total. The molecule has 0 unspecified atom stereocenters. The van der Waals surface area contributed by atoms with E-state index in [0.717, 1.165) is 12.8 Å². The fourth-order valence-corrected chi connectivity index (χ4v) is 0.911. The van der Waals surface area contributed by atoms with Gasteiger partial charge in [-0.05, 0) is 19.3 Å². The number of aliphatic hydroxyl groups is 1. The van der Waals surface area contributed by atoms with Crippen LogP contribution in [-0.4, -0.2) is 22.3 Å². The van der Waals surface area contributed by atoms with Gasteiger partial charge in [0.2, 0.25) is 0 Å². The maximum atomic E-state index is 10.1. The van der Waals surface area contributed by atoms with Gasteiger partial charge in [0.1, 0.15) is 0 Å². The van der Waals surface area contributed by atoms with Gasteiger partial charge in [0.25, 0.3) is 0 Å². The SMILES string of the molecule is C#CCCCC[C@@H](O)CC(=O)O. The number of aliphatic hydroxyl groups excluding tert-OH is 1. The second-order valence-corrected chi connectivity index (χ2v) is 2.70. The summed E-state index contributed by atoms with van der Waals surface area (Å²) in [6.07, 6.45) is 6.99. The summed E-state index contributed by atoms with van der Waals surface area (Å²) in [6.45, 7) is 0. The molecule has 0 amide bonds. The highest BCUT2D eigenvalue weighted by atomic mass is 16.4. The van der Waals surface area contributed by atoms with Gasteiger partial charge in [-0.25, -0.2) is 0 Å². The number of terminal acetylenes is 1. The van der Waals surface area contributed by atoms with Crippen LogP contribution in [-0.2, 0) is 4.79 Å². The van der Waals surface area contributed by atoms with Crippen LogP contribution in [0.15, 0.2) is 0 Å². The molecule has 1 atom stereocenters. The highest BCUT2D eigenvalue weighted by Gasteiger charge is 2.07. The summed E-state index contributed by atoms with van der Waals surface area (Å²) in [5.41, 5.74) is 0. The molecule has 0 spiro atoms. The minimum atomic E-state index is -0.959. The normalized spacial score (nSPS) is 12.0. The van der Waals surface area contributed by atoms with Crippen molar-refractivity contribution in [3.8, 4) is 12.3 Å². The van der Waals surface area contributed by atoms with Crippen LogP contribution in [0.3, 0.4) is 0 Å². The zero-order valence-electron chi connectivity index (χ0n) is 6.99. The third-order valence-electron chi connectivity index (χ3n) is 1.52. The van der Waals surface area contributed by atoms with E-state index in [2.05, 4.69) is 5.92 Å². The Morgan fingerprint density at radius 2 is 2.17 bits per heavy atom. The van der Waals surface area contributed by atoms with E-state index in [1.807, 2.05) is 0 Å². The summed E-state index contributed by atoms with van der Waals surface area (Å²) in [7, 11) is 0. The van der Waals surface area contributed by atoms with E-state index in [1.54, 1.807) is 0 Å². The lowest BCUT2D eigenvalue weighted by atomic mass is 10.1. The fourth-order valence-electron chi connectivity index (χ4n) is 0.911. The second-order valence-electron chi connectivity index (χ2n) is 2.70. The highest BCUT2D eigenvalue weighted by molar-refractivity contribution is 5.67. The maximum absolute atomic E-state index is 10.1. The van der Waals surface area contributed by atoms with Gasteiger partial charge in [0, 0.05) is 6.42 Å². The first kappa shape index (κ1) is 11.0. The lowest BCUT2D eigenvalue weighted by molar-refractivity contribution is -0.139. The van der Waals surface area contributed by atoms with E-state index in [0.29, 0.717) is 12.8 Å². The van der Waals surface area contributed by atoms with Crippen molar-refractivity contribution in [1.29, 1.82) is 0 Å². The van der Waals surface area contributed by atoms with E-state index >= 15 is 0 Å². The molecule has 0 radical (unpaired) electrons. The second kappa shape index (κ2) is 6.68. The first-order valence-electron chi connectivity index (χ1n) is 4.00. The first-order valence-corrected chi connectivity index (χ1v) is 4.00. The zero-order chi connectivity index (χ0) is 9.40. The zero-order valence-corrected chi connectivity index (χ0v) is 6.99. The summed E-state index contributed by atoms with van der Waals surface area (Å²) in [4.78, 5) is 10.1. The Bertz CT molecular complexity index is 169. The molecule has 0 rings (SSSR count). The minimum absolute atomic E-state index is 0.171. The third-order valence-corrected chi connectivity index (χ3v) is 1.52. The maximum Gasteiger partial charge on any atom is 0.305 e. The molecule has 0 heterocycles. The number of unbranched alkanes of at least 4 members (excludes halogenated alkanes) is 2. The third kappa shape index (κ3) is 7.10. The van der Waals surface area contributed by atoms with Crippen LogP contribution in [0.4, 0.5) is 0 Å². The topological polar surface area (TPSA) is 57.5 Å². The smallest absolute Gasteiger partial charge is 0.305 e. The van der Waals surface area contributed by atoms with Gasteiger partial charge in [-0.1, -0.05) is 0 Å². The Morgan fingerprint density at radius 1 is 1.50 bits per heavy atom. The summed E-state index contributed by atoms with van der Waals surface area (Å²) < 4.78 is 0. The largest absolute Gasteiger partial charge is 0.481 e. The van der Waals surface area contributed by atoms with Crippen molar-refractivity contribution in [2.75, 3.05) is 0 Å². The van der Waals surface area contributed by atoms with E-state index in [1.165, 1.54) is 0 Å². The van der Waals surface area contributed by atoms with Crippen LogP contribution >= 0.6 is 0 Å². The molecule has 2 N–H and O–H groups in total. The molecule has 68 valence electrons. The Labute approximate surface area is 72.4 Å². The standard InChI is InChI=1S/C9H14O3/c1-2-3-4-5-6-8(10)7-9(11)12/h1,8,10H,3-7H2,(H,11,12)/t8-/m1/s1. The average Bonchev–Trinajstić information content (AvgIpc) is 1.97. The molecule has 0 aliphatic heterocycles. The molecule has 0 aromatic rings. The highest BCUT2D eigenvalue weighted by Crippen LogP contribution is 2.05. The number of hydrogen-bond acceptors (Lipinski definition) is 2. The van der Waals surface area contributed by atoms with Crippen molar-refractivity contribution in [1.82, 2.24) is 0 Å². The van der Waals surface area contributed by atoms with Gasteiger partial charge in [-0.15, -0.1) is 12.3 Å². The number of carbonyl (C=O) groups is 1. The quantitative estimate of drug-likeness (QED) is 0.462. The number of aliphatic carboxylic acids is 1. The minimum Gasteiger partial charge on any atom is -0.481 e. The van der Waals surface area contributed by atoms with Crippen LogP contribution in [0.2, 0.25) is 0 Å². The van der Waals surface area contributed by atoms with E-state index < -0.39 is 12.1 Å². The Kier molecular flexibility index (Phi) is 6.12. The molecule has 0 bridgehead atoms. The first-order chi connectivity index (χ1) is 5.66. The molecular formula is C9H14O3. The number of hydrogen-bond donors (Lipinski definition) is 2. The van der Waals surface area contributed by atoms with Crippen molar-refractivity contribution in [3.05, 3.63) is 0 Å². The van der Waals surface area contributed by atoms with Gasteiger partial charge >= 0.3 is 5.97 Å². The lowest BCUT2D eigenvalue weighted by Gasteiger charge is -2.05. The summed E-state index contributed by atoms with van der Waals surface area (Å²) in [5, 5.41) is 17.4. The number of rotatable bonds is 6. The van der Waals surface area contributed by atoms with E-state index in [-0.39, 0.29) is 6.42 Å². The van der Waals surface area contributed by atoms with E-state index in [9.17, 15) is 4.79 Å². The molecule has 0 aromatic carbocycles. The predicted molar refractivity (Wildman–Crippen MR) is 45.6 cm³/mol. The van der Waals surface area contributed by atoms with Gasteiger partial charge in [0.05, 0.1) is 12.5 Å². The summed E-state index contributed by atoms with van der Waals surface area (Å²) in [6, 6.07) is 0. The fraction of sp³-hybridized carbons (Fsp3) is 0.667. The van der Waals surface area contributed by atoms with Gasteiger partial charge in [0.15, 0.2) is 0 Å². The number of carboxylic acid groups (broad SMARTS) is 1. The Morgan fingerprint density at radius 3 is 2.67 bits per heavy atom. The lowest BCUT2D eigenvalue weighted by Crippen LogP contribution is -2.12. The Balaban J connectivity index is 3.26. The predicted octanol–water partition coefficient (Wildman–Crippen LogP) is 1.02. The molecule has 3 heteroatoms. The van der Waals surface area contributed by atoms with Crippen molar-refractivity contribution in [2.45, 2.75) is 38.2 Å². The molecule has 0 saturated carbocycles. The van der Waals surface area contributed by atoms with Crippen LogP contribution < -0.4 is 0 Å². The molecule has 0 fully saturated rings. The van der Waals surface area contributed by atoms with Crippen LogP contribution in [0, 0.1) is 12.3 Å². The summed E-state index contributed by atoms with van der Waals surface area (Å²) >= 11 is 0. The average molecular weight is 170 g/mol. The van der Waals surface area contributed by atoms with Crippen molar-refractivity contribution >= 4 is 5.97 Å². The Hall–Kier alpha value is -1.01. The van der Waals surface area contributed by atoms with Crippen molar-refractivity contribution in [3.63, 3.8) is 0 Å². The summed E-state index contributed by atoms with van der Waals surface area (Å²) in [5.74, 6) is 1.53. The van der Waals surface area contributed by atoms with Crippen LogP contribution in [0.1, 0.15) is 32.1 Å². The van der Waals surface area contributed by atoms with Crippen LogP contribution in [0.25, 0.3) is 0 Å². The molecule has 0 aliphatic rings. The van der Waals surface area contributed by atoms with Gasteiger partial charge in [-0.2, -0.15) is 0 Å². The molecular weight excluding hydrogens is 156 g/mol. The molecule has 12 heavy (non-hydrogen) atoms.